The summed E-state index contributed by atoms with van der Waals surface area (Å²) in [5, 5.41) is 3.45. The number of ether oxygens (including phenoxy) is 1. The Hall–Kier alpha value is -2.50. The van der Waals surface area contributed by atoms with Crippen LogP contribution in [0.15, 0.2) is 24.3 Å². The Kier molecular flexibility index (Phi) is 4.70. The highest BCUT2D eigenvalue weighted by Crippen LogP contribution is 2.30. The lowest BCUT2D eigenvalue weighted by molar-refractivity contribution is -0.149. The zero-order chi connectivity index (χ0) is 18.0. The Balaban J connectivity index is 2.00. The quantitative estimate of drug-likeness (QED) is 0.868. The number of hydrogen-bond donors (Lipinski definition) is 1. The first kappa shape index (κ1) is 17.3. The highest BCUT2D eigenvalue weighted by Gasteiger charge is 2.42. The Bertz CT molecular complexity index is 824. The second-order valence-corrected chi connectivity index (χ2v) is 6.56. The van der Waals surface area contributed by atoms with Crippen molar-refractivity contribution in [2.45, 2.75) is 44.6 Å². The van der Waals surface area contributed by atoms with Gasteiger partial charge in [-0.1, -0.05) is 19.3 Å². The van der Waals surface area contributed by atoms with Crippen LogP contribution >= 0.6 is 0 Å². The van der Waals surface area contributed by atoms with E-state index in [-0.39, 0.29) is 5.91 Å². The van der Waals surface area contributed by atoms with E-state index in [1.807, 2.05) is 0 Å². The molecule has 3 rings (SSSR count). The molecular formula is C19H21FN2O3. The lowest BCUT2D eigenvalue weighted by Crippen LogP contribution is -2.56. The van der Waals surface area contributed by atoms with Gasteiger partial charge in [-0.15, -0.1) is 0 Å². The highest BCUT2D eigenvalue weighted by atomic mass is 19.1. The molecule has 1 heterocycles. The average molecular weight is 344 g/mol. The molecule has 1 aromatic carbocycles. The Labute approximate surface area is 145 Å². The SMILES string of the molecule is COC(=O)C1(NC(=O)c2cc(C)nc3cc(F)ccc23)CCCCC1. The summed E-state index contributed by atoms with van der Waals surface area (Å²) in [6, 6.07) is 5.80. The number of nitrogens with one attached hydrogen (secondary N) is 1. The molecule has 5 nitrogen and oxygen atoms in total. The van der Waals surface area contributed by atoms with E-state index in [1.54, 1.807) is 13.0 Å². The van der Waals surface area contributed by atoms with E-state index < -0.39 is 17.3 Å². The summed E-state index contributed by atoms with van der Waals surface area (Å²) in [5.41, 5.74) is 0.421. The monoisotopic (exact) mass is 344 g/mol. The number of amides is 1. The number of carbonyl (C=O) groups is 2. The van der Waals surface area contributed by atoms with Gasteiger partial charge in [-0.25, -0.2) is 9.18 Å². The molecule has 132 valence electrons. The molecule has 0 unspecified atom stereocenters. The number of aromatic nitrogens is 1. The van der Waals surface area contributed by atoms with Gasteiger partial charge in [0, 0.05) is 17.1 Å². The first-order chi connectivity index (χ1) is 11.9. The van der Waals surface area contributed by atoms with Crippen LogP contribution in [0.25, 0.3) is 10.9 Å². The minimum absolute atomic E-state index is 0.366. The fraction of sp³-hybridized carbons (Fsp3) is 0.421. The third kappa shape index (κ3) is 3.34. The van der Waals surface area contributed by atoms with E-state index in [2.05, 4.69) is 10.3 Å². The van der Waals surface area contributed by atoms with Crippen LogP contribution in [-0.4, -0.2) is 29.5 Å². The van der Waals surface area contributed by atoms with Crippen LogP contribution in [0.1, 0.15) is 48.2 Å². The first-order valence-corrected chi connectivity index (χ1v) is 8.43. The van der Waals surface area contributed by atoms with Crippen molar-refractivity contribution in [1.82, 2.24) is 10.3 Å². The number of pyridine rings is 1. The molecule has 1 N–H and O–H groups in total. The van der Waals surface area contributed by atoms with E-state index in [4.69, 9.17) is 4.74 Å². The second-order valence-electron chi connectivity index (χ2n) is 6.56. The summed E-state index contributed by atoms with van der Waals surface area (Å²) in [6.45, 7) is 1.75. The van der Waals surface area contributed by atoms with E-state index >= 15 is 0 Å². The number of benzene rings is 1. The molecule has 0 saturated heterocycles. The van der Waals surface area contributed by atoms with Gasteiger partial charge in [0.1, 0.15) is 11.4 Å². The number of halogens is 1. The molecule has 0 spiro atoms. The number of rotatable bonds is 3. The summed E-state index contributed by atoms with van der Waals surface area (Å²) >= 11 is 0. The average Bonchev–Trinajstić information content (AvgIpc) is 2.60. The minimum Gasteiger partial charge on any atom is -0.467 e. The largest absolute Gasteiger partial charge is 0.467 e. The van der Waals surface area contributed by atoms with Crippen molar-refractivity contribution < 1.29 is 18.7 Å². The summed E-state index contributed by atoms with van der Waals surface area (Å²) in [5.74, 6) is -1.19. The van der Waals surface area contributed by atoms with Gasteiger partial charge in [0.05, 0.1) is 18.2 Å². The van der Waals surface area contributed by atoms with Crippen LogP contribution in [0, 0.1) is 12.7 Å². The molecule has 0 aliphatic heterocycles. The predicted molar refractivity (Wildman–Crippen MR) is 91.7 cm³/mol. The summed E-state index contributed by atoms with van der Waals surface area (Å²) < 4.78 is 18.4. The molecule has 1 saturated carbocycles. The van der Waals surface area contributed by atoms with Crippen molar-refractivity contribution in [3.05, 3.63) is 41.3 Å². The van der Waals surface area contributed by atoms with E-state index in [0.717, 1.165) is 19.3 Å². The summed E-state index contributed by atoms with van der Waals surface area (Å²) in [7, 11) is 1.33. The topological polar surface area (TPSA) is 68.3 Å². The maximum Gasteiger partial charge on any atom is 0.331 e. The molecule has 2 aromatic rings. The zero-order valence-corrected chi connectivity index (χ0v) is 14.4. The second kappa shape index (κ2) is 6.78. The third-order valence-corrected chi connectivity index (χ3v) is 4.78. The Morgan fingerprint density at radius 1 is 1.20 bits per heavy atom. The summed E-state index contributed by atoms with van der Waals surface area (Å²) in [4.78, 5) is 29.6. The van der Waals surface area contributed by atoms with Crippen molar-refractivity contribution in [2.24, 2.45) is 0 Å². The van der Waals surface area contributed by atoms with E-state index in [0.29, 0.717) is 35.0 Å². The molecule has 0 radical (unpaired) electrons. The molecule has 1 amide bonds. The fourth-order valence-corrected chi connectivity index (χ4v) is 3.54. The molecule has 1 aromatic heterocycles. The normalized spacial score (nSPS) is 16.4. The maximum atomic E-state index is 13.5. The molecule has 0 bridgehead atoms. The van der Waals surface area contributed by atoms with E-state index in [1.165, 1.54) is 25.3 Å². The Morgan fingerprint density at radius 2 is 1.92 bits per heavy atom. The van der Waals surface area contributed by atoms with Crippen LogP contribution in [-0.2, 0) is 9.53 Å². The molecule has 1 aliphatic carbocycles. The van der Waals surface area contributed by atoms with Gasteiger partial charge >= 0.3 is 5.97 Å². The number of aryl methyl sites for hydroxylation is 1. The van der Waals surface area contributed by atoms with Gasteiger partial charge in [-0.05, 0) is 38.0 Å². The fourth-order valence-electron chi connectivity index (χ4n) is 3.54. The van der Waals surface area contributed by atoms with Crippen molar-refractivity contribution in [1.29, 1.82) is 0 Å². The Morgan fingerprint density at radius 3 is 2.60 bits per heavy atom. The van der Waals surface area contributed by atoms with Crippen LogP contribution in [0.3, 0.4) is 0 Å². The standard InChI is InChI=1S/C19H21FN2O3/c1-12-10-15(14-7-6-13(20)11-16(14)21-12)17(23)22-19(18(24)25-2)8-4-3-5-9-19/h6-7,10-11H,3-5,8-9H2,1-2H3,(H,22,23). The molecule has 6 heteroatoms. The van der Waals surface area contributed by atoms with Crippen LogP contribution < -0.4 is 5.32 Å². The summed E-state index contributed by atoms with van der Waals surface area (Å²) in [6.07, 6.45) is 3.86. The third-order valence-electron chi connectivity index (χ3n) is 4.78. The van der Waals surface area contributed by atoms with Crippen LogP contribution in [0.4, 0.5) is 4.39 Å². The number of esters is 1. The van der Waals surface area contributed by atoms with Crippen LogP contribution in [0.2, 0.25) is 0 Å². The van der Waals surface area contributed by atoms with Crippen LogP contribution in [0.5, 0.6) is 0 Å². The van der Waals surface area contributed by atoms with Crippen molar-refractivity contribution in [3.8, 4) is 0 Å². The van der Waals surface area contributed by atoms with Gasteiger partial charge in [0.2, 0.25) is 0 Å². The maximum absolute atomic E-state index is 13.5. The van der Waals surface area contributed by atoms with Crippen molar-refractivity contribution in [2.75, 3.05) is 7.11 Å². The van der Waals surface area contributed by atoms with Gasteiger partial charge in [-0.2, -0.15) is 0 Å². The number of fused-ring (bicyclic) bond motifs is 1. The number of carbonyl (C=O) groups excluding carboxylic acids is 2. The lowest BCUT2D eigenvalue weighted by Gasteiger charge is -2.35. The van der Waals surface area contributed by atoms with E-state index in [9.17, 15) is 14.0 Å². The smallest absolute Gasteiger partial charge is 0.331 e. The minimum atomic E-state index is -0.992. The lowest BCUT2D eigenvalue weighted by atomic mass is 9.81. The zero-order valence-electron chi connectivity index (χ0n) is 14.4. The van der Waals surface area contributed by atoms with Gasteiger partial charge in [-0.3, -0.25) is 9.78 Å². The molecular weight excluding hydrogens is 323 g/mol. The highest BCUT2D eigenvalue weighted by molar-refractivity contribution is 6.07. The predicted octanol–water partition coefficient (Wildman–Crippen LogP) is 3.29. The first-order valence-electron chi connectivity index (χ1n) is 8.43. The van der Waals surface area contributed by atoms with Gasteiger partial charge in [0.25, 0.3) is 5.91 Å². The molecule has 1 aliphatic rings. The van der Waals surface area contributed by atoms with Gasteiger partial charge in [0.15, 0.2) is 0 Å². The number of methoxy groups -OCH3 is 1. The molecule has 25 heavy (non-hydrogen) atoms. The number of hydrogen-bond acceptors (Lipinski definition) is 4. The van der Waals surface area contributed by atoms with Gasteiger partial charge < -0.3 is 10.1 Å². The number of nitrogens with zero attached hydrogens (tertiary/aromatic N) is 1. The molecule has 0 atom stereocenters. The van der Waals surface area contributed by atoms with Crippen molar-refractivity contribution in [3.63, 3.8) is 0 Å². The van der Waals surface area contributed by atoms with Crippen molar-refractivity contribution >= 4 is 22.8 Å². The molecule has 1 fully saturated rings.